The molecule has 0 radical (unpaired) electrons. The zero-order valence-corrected chi connectivity index (χ0v) is 11.4. The van der Waals surface area contributed by atoms with Crippen molar-refractivity contribution in [3.8, 4) is 0 Å². The van der Waals surface area contributed by atoms with E-state index in [2.05, 4.69) is 37.5 Å². The molecule has 0 bridgehead atoms. The van der Waals surface area contributed by atoms with Crippen LogP contribution in [0.3, 0.4) is 0 Å². The maximum atomic E-state index is 11.7. The topological polar surface area (TPSA) is 57.8 Å². The van der Waals surface area contributed by atoms with Crippen LogP contribution < -0.4 is 5.32 Å². The van der Waals surface area contributed by atoms with E-state index in [1.807, 2.05) is 25.1 Å². The molecule has 18 heavy (non-hydrogen) atoms. The lowest BCUT2D eigenvalue weighted by molar-refractivity contribution is -0.116. The Balaban J connectivity index is 2.12. The van der Waals surface area contributed by atoms with Crippen LogP contribution in [0.1, 0.15) is 29.2 Å². The highest BCUT2D eigenvalue weighted by atomic mass is 79.9. The molecule has 3 rings (SSSR count). The van der Waals surface area contributed by atoms with Crippen molar-refractivity contribution in [2.45, 2.75) is 19.3 Å². The van der Waals surface area contributed by atoms with E-state index in [1.165, 1.54) is 0 Å². The third kappa shape index (κ3) is 1.84. The Bertz CT molecular complexity index is 620. The number of anilines is 1. The van der Waals surface area contributed by atoms with Crippen molar-refractivity contribution in [1.29, 1.82) is 0 Å². The van der Waals surface area contributed by atoms with Crippen LogP contribution in [0.4, 0.5) is 5.82 Å². The van der Waals surface area contributed by atoms with Gasteiger partial charge in [-0.05, 0) is 24.6 Å². The van der Waals surface area contributed by atoms with E-state index in [0.29, 0.717) is 12.2 Å². The minimum atomic E-state index is 0.0129. The van der Waals surface area contributed by atoms with Crippen LogP contribution in [-0.4, -0.2) is 16.1 Å². The van der Waals surface area contributed by atoms with Gasteiger partial charge in [0.25, 0.3) is 0 Å². The van der Waals surface area contributed by atoms with Gasteiger partial charge in [0.15, 0.2) is 5.82 Å². The van der Waals surface area contributed by atoms with Crippen molar-refractivity contribution in [2.75, 3.05) is 5.32 Å². The summed E-state index contributed by atoms with van der Waals surface area (Å²) in [7, 11) is 0. The molecule has 5 heteroatoms. The van der Waals surface area contributed by atoms with E-state index in [0.717, 1.165) is 21.3 Å². The summed E-state index contributed by atoms with van der Waals surface area (Å²) in [5.74, 6) is 0.748. The number of H-pyrrole nitrogens is 1. The number of nitrogens with zero attached hydrogens (tertiary/aromatic N) is 1. The summed E-state index contributed by atoms with van der Waals surface area (Å²) in [4.78, 5) is 11.7. The molecule has 1 aromatic carbocycles. The van der Waals surface area contributed by atoms with Gasteiger partial charge in [0.05, 0.1) is 0 Å². The van der Waals surface area contributed by atoms with Crippen LogP contribution in [0.15, 0.2) is 28.7 Å². The smallest absolute Gasteiger partial charge is 0.226 e. The molecule has 2 aromatic rings. The standard InChI is InChI=1S/C13H12BrN3O/c1-7-12-10(8-3-2-4-9(14)5-8)6-11(18)15-13(12)17-16-7/h2-5,10H,6H2,1H3,(H2,15,16,17,18). The number of benzene rings is 1. The molecule has 1 atom stereocenters. The molecular weight excluding hydrogens is 294 g/mol. The maximum Gasteiger partial charge on any atom is 0.226 e. The molecule has 4 nitrogen and oxygen atoms in total. The third-order valence-electron chi connectivity index (χ3n) is 3.24. The largest absolute Gasteiger partial charge is 0.309 e. The van der Waals surface area contributed by atoms with Crippen molar-refractivity contribution < 1.29 is 4.79 Å². The van der Waals surface area contributed by atoms with Gasteiger partial charge in [0.1, 0.15) is 0 Å². The van der Waals surface area contributed by atoms with E-state index in [4.69, 9.17) is 0 Å². The molecule has 1 aromatic heterocycles. The molecule has 92 valence electrons. The van der Waals surface area contributed by atoms with Gasteiger partial charge in [0.2, 0.25) is 5.91 Å². The number of fused-ring (bicyclic) bond motifs is 1. The predicted molar refractivity (Wildman–Crippen MR) is 72.6 cm³/mol. The zero-order chi connectivity index (χ0) is 12.7. The van der Waals surface area contributed by atoms with Crippen LogP contribution in [0, 0.1) is 6.92 Å². The Morgan fingerprint density at radius 1 is 1.44 bits per heavy atom. The summed E-state index contributed by atoms with van der Waals surface area (Å²) < 4.78 is 1.02. The molecule has 1 unspecified atom stereocenters. The molecule has 0 saturated heterocycles. The van der Waals surface area contributed by atoms with Gasteiger partial charge >= 0.3 is 0 Å². The van der Waals surface area contributed by atoms with Crippen molar-refractivity contribution >= 4 is 27.7 Å². The first kappa shape index (κ1) is 11.5. The van der Waals surface area contributed by atoms with Gasteiger partial charge in [-0.1, -0.05) is 28.1 Å². The first-order chi connectivity index (χ1) is 8.65. The quantitative estimate of drug-likeness (QED) is 0.851. The van der Waals surface area contributed by atoms with Gasteiger partial charge < -0.3 is 5.32 Å². The van der Waals surface area contributed by atoms with Gasteiger partial charge in [-0.15, -0.1) is 0 Å². The fourth-order valence-corrected chi connectivity index (χ4v) is 2.85. The number of carbonyl (C=O) groups is 1. The summed E-state index contributed by atoms with van der Waals surface area (Å²) in [6, 6.07) is 8.07. The van der Waals surface area contributed by atoms with E-state index in [9.17, 15) is 4.79 Å². The van der Waals surface area contributed by atoms with Gasteiger partial charge in [-0.2, -0.15) is 5.10 Å². The summed E-state index contributed by atoms with van der Waals surface area (Å²) >= 11 is 3.47. The average Bonchev–Trinajstić information content (AvgIpc) is 2.70. The highest BCUT2D eigenvalue weighted by molar-refractivity contribution is 9.10. The van der Waals surface area contributed by atoms with Crippen LogP contribution in [-0.2, 0) is 4.79 Å². The van der Waals surface area contributed by atoms with Crippen LogP contribution in [0.5, 0.6) is 0 Å². The lowest BCUT2D eigenvalue weighted by atomic mass is 9.86. The van der Waals surface area contributed by atoms with Crippen molar-refractivity contribution in [3.05, 3.63) is 45.6 Å². The maximum absolute atomic E-state index is 11.7. The van der Waals surface area contributed by atoms with Crippen molar-refractivity contribution in [3.63, 3.8) is 0 Å². The number of aromatic nitrogens is 2. The molecule has 0 fully saturated rings. The van der Waals surface area contributed by atoms with Crippen molar-refractivity contribution in [1.82, 2.24) is 10.2 Å². The molecule has 0 aliphatic carbocycles. The number of halogens is 1. The number of hydrogen-bond acceptors (Lipinski definition) is 2. The second-order valence-electron chi connectivity index (χ2n) is 4.47. The Morgan fingerprint density at radius 2 is 2.28 bits per heavy atom. The molecule has 1 amide bonds. The molecule has 0 saturated carbocycles. The number of hydrogen-bond donors (Lipinski definition) is 2. The first-order valence-electron chi connectivity index (χ1n) is 5.75. The Hall–Kier alpha value is -1.62. The first-order valence-corrected chi connectivity index (χ1v) is 6.54. The number of amides is 1. The lowest BCUT2D eigenvalue weighted by Crippen LogP contribution is -2.23. The van der Waals surface area contributed by atoms with Crippen molar-refractivity contribution in [2.24, 2.45) is 0 Å². The lowest BCUT2D eigenvalue weighted by Gasteiger charge is -2.23. The van der Waals surface area contributed by atoms with Crippen LogP contribution in [0.25, 0.3) is 0 Å². The average molecular weight is 306 g/mol. The number of carbonyl (C=O) groups excluding carboxylic acids is 1. The third-order valence-corrected chi connectivity index (χ3v) is 3.73. The van der Waals surface area contributed by atoms with E-state index in [-0.39, 0.29) is 11.8 Å². The molecule has 2 heterocycles. The van der Waals surface area contributed by atoms with E-state index in [1.54, 1.807) is 0 Å². The Kier molecular flexibility index (Phi) is 2.70. The molecule has 1 aliphatic heterocycles. The summed E-state index contributed by atoms with van der Waals surface area (Å²) in [5.41, 5.74) is 3.23. The number of nitrogens with one attached hydrogen (secondary N) is 2. The van der Waals surface area contributed by atoms with E-state index >= 15 is 0 Å². The monoisotopic (exact) mass is 305 g/mol. The van der Waals surface area contributed by atoms with Crippen LogP contribution >= 0.6 is 15.9 Å². The SMILES string of the molecule is Cc1[nH]nc2c1C(c1cccc(Br)c1)CC(=O)N2. The number of aryl methyl sites for hydroxylation is 1. The molecular formula is C13H12BrN3O. The fraction of sp³-hybridized carbons (Fsp3) is 0.231. The fourth-order valence-electron chi connectivity index (χ4n) is 2.44. The highest BCUT2D eigenvalue weighted by Gasteiger charge is 2.30. The summed E-state index contributed by atoms with van der Waals surface area (Å²) in [6.45, 7) is 1.98. The zero-order valence-electron chi connectivity index (χ0n) is 9.83. The van der Waals surface area contributed by atoms with Gasteiger partial charge in [-0.25, -0.2) is 0 Å². The van der Waals surface area contributed by atoms with E-state index < -0.39 is 0 Å². The second-order valence-corrected chi connectivity index (χ2v) is 5.39. The Labute approximate surface area is 113 Å². The summed E-state index contributed by atoms with van der Waals surface area (Å²) in [6.07, 6.45) is 0.462. The normalized spacial score (nSPS) is 18.3. The summed E-state index contributed by atoms with van der Waals surface area (Å²) in [5, 5.41) is 9.88. The highest BCUT2D eigenvalue weighted by Crippen LogP contribution is 2.38. The van der Waals surface area contributed by atoms with Crippen LogP contribution in [0.2, 0.25) is 0 Å². The molecule has 1 aliphatic rings. The number of aromatic amines is 1. The van der Waals surface area contributed by atoms with Gasteiger partial charge in [0, 0.05) is 28.1 Å². The second kappa shape index (κ2) is 4.24. The molecule has 0 spiro atoms. The minimum absolute atomic E-state index is 0.0129. The minimum Gasteiger partial charge on any atom is -0.309 e. The van der Waals surface area contributed by atoms with Gasteiger partial charge in [-0.3, -0.25) is 9.89 Å². The number of rotatable bonds is 1. The Morgan fingerprint density at radius 3 is 3.06 bits per heavy atom. The predicted octanol–water partition coefficient (Wildman–Crippen LogP) is 2.95. The molecule has 2 N–H and O–H groups in total.